The summed E-state index contributed by atoms with van der Waals surface area (Å²) in [4.78, 5) is 24.5. The van der Waals surface area contributed by atoms with Gasteiger partial charge in [0.25, 0.3) is 5.91 Å². The molecule has 5 heteroatoms. The van der Waals surface area contributed by atoms with Crippen LogP contribution < -0.4 is 5.32 Å². The molecule has 0 unspecified atom stereocenters. The second kappa shape index (κ2) is 7.43. The summed E-state index contributed by atoms with van der Waals surface area (Å²) in [6.07, 6.45) is 7.22. The molecule has 1 heterocycles. The smallest absolute Gasteiger partial charge is 0.303 e. The first-order valence-electron chi connectivity index (χ1n) is 7.28. The van der Waals surface area contributed by atoms with E-state index in [1.807, 2.05) is 6.07 Å². The molecule has 0 aliphatic heterocycles. The first-order valence-corrected chi connectivity index (χ1v) is 8.10. The second-order valence-corrected chi connectivity index (χ2v) is 6.36. The van der Waals surface area contributed by atoms with E-state index >= 15 is 0 Å². The lowest BCUT2D eigenvalue weighted by atomic mass is 10.1. The number of thiophene rings is 1. The van der Waals surface area contributed by atoms with Crippen LogP contribution in [0.2, 0.25) is 0 Å². The van der Waals surface area contributed by atoms with E-state index in [1.54, 1.807) is 11.3 Å². The van der Waals surface area contributed by atoms with Gasteiger partial charge in [-0.25, -0.2) is 0 Å². The quantitative estimate of drug-likeness (QED) is 0.725. The van der Waals surface area contributed by atoms with E-state index in [-0.39, 0.29) is 12.3 Å². The monoisotopic (exact) mass is 295 g/mol. The number of carbonyl (C=O) groups excluding carboxylic acids is 1. The number of nitrogens with one attached hydrogen (secondary N) is 1. The molecule has 1 aromatic heterocycles. The highest BCUT2D eigenvalue weighted by Crippen LogP contribution is 2.30. The fraction of sp³-hybridized carbons (Fsp3) is 0.600. The molecule has 110 valence electrons. The zero-order valence-corrected chi connectivity index (χ0v) is 12.4. The van der Waals surface area contributed by atoms with Gasteiger partial charge in [-0.3, -0.25) is 9.59 Å². The van der Waals surface area contributed by atoms with Crippen LogP contribution in [-0.2, 0) is 17.6 Å². The van der Waals surface area contributed by atoms with Gasteiger partial charge in [-0.1, -0.05) is 12.8 Å². The van der Waals surface area contributed by atoms with Crippen molar-refractivity contribution in [2.75, 3.05) is 6.54 Å². The van der Waals surface area contributed by atoms with Crippen molar-refractivity contribution in [1.82, 2.24) is 5.32 Å². The Morgan fingerprint density at radius 3 is 2.75 bits per heavy atom. The largest absolute Gasteiger partial charge is 0.481 e. The summed E-state index contributed by atoms with van der Waals surface area (Å²) in [5, 5.41) is 11.5. The Labute approximate surface area is 123 Å². The number of hydrogen-bond acceptors (Lipinski definition) is 3. The Hall–Kier alpha value is -1.36. The highest BCUT2D eigenvalue weighted by molar-refractivity contribution is 7.14. The lowest BCUT2D eigenvalue weighted by Crippen LogP contribution is -2.23. The van der Waals surface area contributed by atoms with Gasteiger partial charge in [0.2, 0.25) is 0 Å². The molecule has 0 atom stereocenters. The van der Waals surface area contributed by atoms with Gasteiger partial charge in [-0.05, 0) is 43.7 Å². The number of rotatable bonds is 8. The molecule has 1 aromatic rings. The Kier molecular flexibility index (Phi) is 5.59. The zero-order valence-electron chi connectivity index (χ0n) is 11.6. The topological polar surface area (TPSA) is 66.4 Å². The van der Waals surface area contributed by atoms with Crippen molar-refractivity contribution in [3.05, 3.63) is 21.4 Å². The molecule has 1 aliphatic carbocycles. The molecule has 0 aromatic carbocycles. The van der Waals surface area contributed by atoms with Crippen molar-refractivity contribution in [2.45, 2.75) is 51.4 Å². The highest BCUT2D eigenvalue weighted by Gasteiger charge is 2.17. The summed E-state index contributed by atoms with van der Waals surface area (Å²) in [7, 11) is 0. The van der Waals surface area contributed by atoms with Gasteiger partial charge in [-0.15, -0.1) is 11.3 Å². The van der Waals surface area contributed by atoms with E-state index in [0.717, 1.165) is 43.4 Å². The fourth-order valence-electron chi connectivity index (χ4n) is 2.48. The minimum absolute atomic E-state index is 0.0370. The Morgan fingerprint density at radius 2 is 2.00 bits per heavy atom. The van der Waals surface area contributed by atoms with Gasteiger partial charge in [0.15, 0.2) is 0 Å². The summed E-state index contributed by atoms with van der Waals surface area (Å²) in [5.41, 5.74) is 1.36. The average molecular weight is 295 g/mol. The molecule has 0 bridgehead atoms. The van der Waals surface area contributed by atoms with Crippen molar-refractivity contribution in [2.24, 2.45) is 0 Å². The summed E-state index contributed by atoms with van der Waals surface area (Å²) in [6.45, 7) is 0.675. The maximum atomic E-state index is 12.0. The van der Waals surface area contributed by atoms with Crippen LogP contribution in [0.25, 0.3) is 0 Å². The Morgan fingerprint density at radius 1 is 1.20 bits per heavy atom. The summed E-state index contributed by atoms with van der Waals surface area (Å²) >= 11 is 1.63. The Bertz CT molecular complexity index is 460. The molecule has 0 saturated carbocycles. The van der Waals surface area contributed by atoms with Crippen molar-refractivity contribution < 1.29 is 14.7 Å². The van der Waals surface area contributed by atoms with Crippen molar-refractivity contribution in [1.29, 1.82) is 0 Å². The average Bonchev–Trinajstić information content (AvgIpc) is 2.97. The molecule has 4 nitrogen and oxygen atoms in total. The lowest BCUT2D eigenvalue weighted by Gasteiger charge is -2.03. The minimum Gasteiger partial charge on any atom is -0.481 e. The third kappa shape index (κ3) is 4.34. The fourth-order valence-corrected chi connectivity index (χ4v) is 3.65. The van der Waals surface area contributed by atoms with Gasteiger partial charge in [0.1, 0.15) is 0 Å². The normalized spacial score (nSPS) is 13.2. The molecule has 2 N–H and O–H groups in total. The number of carboxylic acid groups (broad SMARTS) is 1. The SMILES string of the molecule is O=C(O)CCCCCCNC(=O)c1cc2c(s1)CCC2. The van der Waals surface area contributed by atoms with Crippen LogP contribution in [0.15, 0.2) is 6.07 Å². The number of aliphatic carboxylic acids is 1. The molecular weight excluding hydrogens is 274 g/mol. The third-order valence-electron chi connectivity index (χ3n) is 3.57. The van der Waals surface area contributed by atoms with E-state index in [4.69, 9.17) is 5.11 Å². The molecule has 1 aliphatic rings. The van der Waals surface area contributed by atoms with E-state index < -0.39 is 5.97 Å². The molecule has 0 fully saturated rings. The maximum absolute atomic E-state index is 12.0. The minimum atomic E-state index is -0.732. The van der Waals surface area contributed by atoms with E-state index in [1.165, 1.54) is 16.9 Å². The van der Waals surface area contributed by atoms with Crippen LogP contribution in [0, 0.1) is 0 Å². The van der Waals surface area contributed by atoms with E-state index in [9.17, 15) is 9.59 Å². The van der Waals surface area contributed by atoms with Crippen LogP contribution in [0.5, 0.6) is 0 Å². The third-order valence-corrected chi connectivity index (χ3v) is 4.81. The number of carbonyl (C=O) groups is 2. The van der Waals surface area contributed by atoms with Gasteiger partial charge < -0.3 is 10.4 Å². The molecule has 2 rings (SSSR count). The number of fused-ring (bicyclic) bond motifs is 1. The first kappa shape index (κ1) is 15.0. The van der Waals surface area contributed by atoms with E-state index in [2.05, 4.69) is 5.32 Å². The van der Waals surface area contributed by atoms with Crippen molar-refractivity contribution in [3.8, 4) is 0 Å². The molecule has 0 radical (unpaired) electrons. The molecule has 0 spiro atoms. The highest BCUT2D eigenvalue weighted by atomic mass is 32.1. The van der Waals surface area contributed by atoms with Crippen molar-refractivity contribution in [3.63, 3.8) is 0 Å². The van der Waals surface area contributed by atoms with Crippen LogP contribution in [0.4, 0.5) is 0 Å². The second-order valence-electron chi connectivity index (χ2n) is 5.23. The number of hydrogen-bond donors (Lipinski definition) is 2. The predicted molar refractivity (Wildman–Crippen MR) is 79.4 cm³/mol. The number of amides is 1. The van der Waals surface area contributed by atoms with Gasteiger partial charge >= 0.3 is 5.97 Å². The molecule has 20 heavy (non-hydrogen) atoms. The zero-order chi connectivity index (χ0) is 14.4. The molecule has 0 saturated heterocycles. The van der Waals surface area contributed by atoms with Crippen LogP contribution in [-0.4, -0.2) is 23.5 Å². The van der Waals surface area contributed by atoms with Crippen molar-refractivity contribution >= 4 is 23.2 Å². The van der Waals surface area contributed by atoms with Gasteiger partial charge in [-0.2, -0.15) is 0 Å². The lowest BCUT2D eigenvalue weighted by molar-refractivity contribution is -0.137. The van der Waals surface area contributed by atoms with Crippen LogP contribution in [0.1, 0.15) is 58.6 Å². The van der Waals surface area contributed by atoms with Gasteiger partial charge in [0, 0.05) is 17.8 Å². The predicted octanol–water partition coefficient (Wildman–Crippen LogP) is 3.00. The van der Waals surface area contributed by atoms with E-state index in [0.29, 0.717) is 6.54 Å². The molecule has 1 amide bonds. The Balaban J connectivity index is 1.59. The summed E-state index contributed by atoms with van der Waals surface area (Å²) < 4.78 is 0. The number of aryl methyl sites for hydroxylation is 2. The molecular formula is C15H21NO3S. The summed E-state index contributed by atoms with van der Waals surface area (Å²) in [5.74, 6) is -0.695. The number of carboxylic acids is 1. The number of unbranched alkanes of at least 4 members (excludes halogenated alkanes) is 3. The van der Waals surface area contributed by atoms with Crippen LogP contribution in [0.3, 0.4) is 0 Å². The van der Waals surface area contributed by atoms with Crippen LogP contribution >= 0.6 is 11.3 Å². The first-order chi connectivity index (χ1) is 9.66. The summed E-state index contributed by atoms with van der Waals surface area (Å²) in [6, 6.07) is 2.04. The standard InChI is InChI=1S/C15H21NO3S/c17-14(18)8-3-1-2-4-9-16-15(19)13-10-11-6-5-7-12(11)20-13/h10H,1-9H2,(H,16,19)(H,17,18). The maximum Gasteiger partial charge on any atom is 0.303 e. The van der Waals surface area contributed by atoms with Gasteiger partial charge in [0.05, 0.1) is 4.88 Å².